The molecule has 1 amide bonds. The fourth-order valence-electron chi connectivity index (χ4n) is 5.46. The minimum atomic E-state index is -3.09. The average molecular weight is 550 g/mol. The quantitative estimate of drug-likeness (QED) is 0.428. The number of nitrogens with two attached hydrogens (primary N) is 2. The van der Waals surface area contributed by atoms with Gasteiger partial charge in [-0.05, 0) is 33.1 Å². The minimum Gasteiger partial charge on any atom is -0.397 e. The van der Waals surface area contributed by atoms with Crippen LogP contribution >= 0.6 is 11.3 Å². The predicted molar refractivity (Wildman–Crippen MR) is 139 cm³/mol. The smallest absolute Gasteiger partial charge is 0.276 e. The van der Waals surface area contributed by atoms with Gasteiger partial charge in [-0.25, -0.2) is 28.1 Å². The molecular weight excluding hydrogens is 519 g/mol. The van der Waals surface area contributed by atoms with Gasteiger partial charge in [0, 0.05) is 49.6 Å². The van der Waals surface area contributed by atoms with E-state index in [-0.39, 0.29) is 31.5 Å². The summed E-state index contributed by atoms with van der Waals surface area (Å²) < 4.78 is 48.8. The first kappa shape index (κ1) is 26.6. The van der Waals surface area contributed by atoms with Crippen molar-refractivity contribution in [2.45, 2.75) is 51.1 Å². The van der Waals surface area contributed by atoms with E-state index in [0.717, 1.165) is 0 Å². The number of fused-ring (bicyclic) bond motifs is 2. The summed E-state index contributed by atoms with van der Waals surface area (Å²) in [5.74, 6) is -4.14. The fourth-order valence-corrected chi connectivity index (χ4v) is 6.55. The van der Waals surface area contributed by atoms with Crippen LogP contribution < -0.4 is 21.7 Å². The van der Waals surface area contributed by atoms with Gasteiger partial charge in [-0.3, -0.25) is 4.79 Å². The monoisotopic (exact) mass is 549 g/mol. The molecule has 0 saturated carbocycles. The molecule has 3 unspecified atom stereocenters. The van der Waals surface area contributed by atoms with Crippen LogP contribution in [0, 0.1) is 25.6 Å². The van der Waals surface area contributed by atoms with Crippen LogP contribution in [0.25, 0.3) is 10.2 Å². The van der Waals surface area contributed by atoms with E-state index in [4.69, 9.17) is 11.5 Å². The molecule has 3 aromatic heterocycles. The van der Waals surface area contributed by atoms with Crippen molar-refractivity contribution in [3.8, 4) is 0 Å². The number of ether oxygens (including phenoxy) is 1. The Hall–Kier alpha value is -3.03. The summed E-state index contributed by atoms with van der Waals surface area (Å²) in [6.07, 6.45) is 1.24. The summed E-state index contributed by atoms with van der Waals surface area (Å²) >= 11 is 1.21. The number of methoxy groups -OCH3 is 1. The van der Waals surface area contributed by atoms with Gasteiger partial charge in [0.25, 0.3) is 11.8 Å². The molecule has 2 aliphatic rings. The van der Waals surface area contributed by atoms with E-state index < -0.39 is 30.3 Å². The molecule has 1 saturated heterocycles. The Balaban J connectivity index is 1.30. The van der Waals surface area contributed by atoms with Crippen molar-refractivity contribution in [2.24, 2.45) is 11.7 Å². The molecule has 38 heavy (non-hydrogen) atoms. The van der Waals surface area contributed by atoms with E-state index in [0.29, 0.717) is 62.2 Å². The first-order chi connectivity index (χ1) is 18.0. The number of nitrogens with one attached hydrogen (secondary N) is 1. The zero-order valence-corrected chi connectivity index (χ0v) is 22.2. The number of pyridine rings is 1. The van der Waals surface area contributed by atoms with Crippen molar-refractivity contribution in [3.63, 3.8) is 0 Å². The fraction of sp³-hybridized carbons (Fsp3) is 0.520. The molecule has 13 heteroatoms. The Labute approximate surface area is 221 Å². The molecule has 1 aliphatic heterocycles. The summed E-state index contributed by atoms with van der Waals surface area (Å²) in [5, 5.41) is 3.65. The second-order valence-electron chi connectivity index (χ2n) is 10.1. The third kappa shape index (κ3) is 4.78. The molecule has 1 aliphatic carbocycles. The van der Waals surface area contributed by atoms with E-state index in [2.05, 4.69) is 25.0 Å². The van der Waals surface area contributed by atoms with Crippen molar-refractivity contribution < 1.29 is 22.7 Å². The Morgan fingerprint density at radius 2 is 2.05 bits per heavy atom. The molecule has 0 spiro atoms. The molecule has 5 rings (SSSR count). The lowest BCUT2D eigenvalue weighted by atomic mass is 9.91. The summed E-state index contributed by atoms with van der Waals surface area (Å²) in [4.78, 5) is 29.0. The Kier molecular flexibility index (Phi) is 6.95. The number of nitrogens with zero attached hydrogens (tertiary/aromatic N) is 4. The van der Waals surface area contributed by atoms with Gasteiger partial charge in [0.05, 0.1) is 22.7 Å². The number of hydrogen-bond acceptors (Lipinski definition) is 9. The number of carbonyl (C=O) groups excluding carboxylic acids is 1. The normalized spacial score (nSPS) is 21.7. The zero-order chi connectivity index (χ0) is 27.4. The molecule has 9 nitrogen and oxygen atoms in total. The first-order valence-electron chi connectivity index (χ1n) is 12.4. The number of aryl methyl sites for hydroxylation is 3. The Morgan fingerprint density at radius 3 is 2.79 bits per heavy atom. The lowest BCUT2D eigenvalue weighted by molar-refractivity contribution is -0.105. The number of amides is 1. The van der Waals surface area contributed by atoms with E-state index >= 15 is 4.39 Å². The highest BCUT2D eigenvalue weighted by molar-refractivity contribution is 7.21. The zero-order valence-electron chi connectivity index (χ0n) is 21.4. The lowest BCUT2D eigenvalue weighted by Gasteiger charge is -2.27. The van der Waals surface area contributed by atoms with Crippen LogP contribution in [-0.2, 0) is 17.6 Å². The SMILES string of the molecule is COCC(F)(F)C1CN(c2cc(F)c3c(n2)CCC(NC(=O)c2sc4nc(C)nc(C)c4c2N)C3)CC1N. The van der Waals surface area contributed by atoms with Crippen LogP contribution in [0.15, 0.2) is 6.07 Å². The van der Waals surface area contributed by atoms with Crippen LogP contribution in [0.2, 0.25) is 0 Å². The molecule has 4 heterocycles. The number of thiophene rings is 1. The number of rotatable bonds is 6. The van der Waals surface area contributed by atoms with Crippen LogP contribution in [0.4, 0.5) is 24.7 Å². The average Bonchev–Trinajstić information content (AvgIpc) is 3.40. The predicted octanol–water partition coefficient (Wildman–Crippen LogP) is 2.76. The van der Waals surface area contributed by atoms with Crippen LogP contribution in [0.1, 0.15) is 38.9 Å². The van der Waals surface area contributed by atoms with E-state index in [1.165, 1.54) is 24.5 Å². The topological polar surface area (TPSA) is 132 Å². The number of alkyl halides is 2. The molecule has 0 radical (unpaired) electrons. The maximum atomic E-state index is 15.2. The molecule has 3 atom stereocenters. The molecule has 0 bridgehead atoms. The third-order valence-electron chi connectivity index (χ3n) is 7.31. The summed E-state index contributed by atoms with van der Waals surface area (Å²) in [7, 11) is 1.22. The number of nitrogen functional groups attached to an aromatic ring is 1. The maximum absolute atomic E-state index is 15.2. The van der Waals surface area contributed by atoms with Gasteiger partial charge in [-0.15, -0.1) is 11.3 Å². The second-order valence-corrected chi connectivity index (χ2v) is 11.1. The van der Waals surface area contributed by atoms with E-state index in [9.17, 15) is 13.6 Å². The minimum absolute atomic E-state index is 0.0403. The van der Waals surface area contributed by atoms with E-state index in [1.54, 1.807) is 11.8 Å². The second kappa shape index (κ2) is 9.93. The molecule has 204 valence electrons. The van der Waals surface area contributed by atoms with Gasteiger partial charge in [0.15, 0.2) is 0 Å². The first-order valence-corrected chi connectivity index (χ1v) is 13.2. The van der Waals surface area contributed by atoms with Crippen molar-refractivity contribution in [2.75, 3.05) is 37.4 Å². The van der Waals surface area contributed by atoms with Crippen molar-refractivity contribution in [3.05, 3.63) is 39.5 Å². The standard InChI is InChI=1S/C25H30F3N7O2S/c1-11-20-21(30)22(38-24(20)32-12(2)31-11)23(36)33-13-4-5-18-14(6-13)16(26)7-19(34-18)35-8-15(17(29)9-35)25(27,28)10-37-3/h7,13,15,17H,4-6,8-10,29-30H2,1-3H3,(H,33,36). The Bertz CT molecular complexity index is 1400. The van der Waals surface area contributed by atoms with Gasteiger partial charge in [-0.1, -0.05) is 0 Å². The number of anilines is 2. The van der Waals surface area contributed by atoms with Crippen LogP contribution in [0.5, 0.6) is 0 Å². The van der Waals surface area contributed by atoms with Crippen LogP contribution in [0.3, 0.4) is 0 Å². The highest BCUT2D eigenvalue weighted by Crippen LogP contribution is 2.36. The molecular formula is C25H30F3N7O2S. The summed E-state index contributed by atoms with van der Waals surface area (Å²) in [6, 6.07) is 0.161. The molecule has 1 fully saturated rings. The van der Waals surface area contributed by atoms with Gasteiger partial charge in [-0.2, -0.15) is 0 Å². The highest BCUT2D eigenvalue weighted by Gasteiger charge is 2.48. The largest absolute Gasteiger partial charge is 0.397 e. The van der Waals surface area contributed by atoms with Gasteiger partial charge in [0.2, 0.25) is 0 Å². The maximum Gasteiger partial charge on any atom is 0.276 e. The number of aromatic nitrogens is 3. The van der Waals surface area contributed by atoms with Gasteiger partial charge >= 0.3 is 0 Å². The third-order valence-corrected chi connectivity index (χ3v) is 8.41. The number of carbonyl (C=O) groups is 1. The number of halogens is 3. The summed E-state index contributed by atoms with van der Waals surface area (Å²) in [5.41, 5.74) is 14.3. The summed E-state index contributed by atoms with van der Waals surface area (Å²) in [6.45, 7) is 2.99. The molecule has 0 aromatic carbocycles. The van der Waals surface area contributed by atoms with Gasteiger partial charge < -0.3 is 26.4 Å². The van der Waals surface area contributed by atoms with Gasteiger partial charge in [0.1, 0.15) is 33.8 Å². The number of hydrogen-bond donors (Lipinski definition) is 3. The molecule has 3 aromatic rings. The lowest BCUT2D eigenvalue weighted by Crippen LogP contribution is -2.43. The highest BCUT2D eigenvalue weighted by atomic mass is 32.1. The molecule has 5 N–H and O–H groups in total. The van der Waals surface area contributed by atoms with E-state index in [1.807, 2.05) is 6.92 Å². The van der Waals surface area contributed by atoms with Crippen molar-refractivity contribution >= 4 is 39.0 Å². The van der Waals surface area contributed by atoms with Crippen molar-refractivity contribution in [1.29, 1.82) is 0 Å². The van der Waals surface area contributed by atoms with Crippen molar-refractivity contribution in [1.82, 2.24) is 20.3 Å². The Morgan fingerprint density at radius 1 is 1.29 bits per heavy atom. The van der Waals surface area contributed by atoms with Crippen LogP contribution in [-0.4, -0.2) is 65.7 Å².